The molecule has 0 N–H and O–H groups in total. The Morgan fingerprint density at radius 2 is 1.79 bits per heavy atom. The number of esters is 1. The van der Waals surface area contributed by atoms with Crippen LogP contribution in [0.1, 0.15) is 33.6 Å². The second kappa shape index (κ2) is 8.91. The van der Waals surface area contributed by atoms with Crippen molar-refractivity contribution < 1.29 is 36.3 Å². The van der Waals surface area contributed by atoms with Gasteiger partial charge in [0.05, 0.1) is 19.3 Å². The van der Waals surface area contributed by atoms with Gasteiger partial charge in [0.2, 0.25) is 10.9 Å². The van der Waals surface area contributed by atoms with E-state index in [4.69, 9.17) is 18.3 Å². The van der Waals surface area contributed by atoms with E-state index in [1.165, 1.54) is 16.4 Å². The normalized spacial score (nSPS) is 15.1. The van der Waals surface area contributed by atoms with Gasteiger partial charge in [-0.1, -0.05) is 0 Å². The number of amides is 1. The van der Waals surface area contributed by atoms with E-state index in [0.717, 1.165) is 0 Å². The van der Waals surface area contributed by atoms with Crippen LogP contribution in [0.25, 0.3) is 11.0 Å². The van der Waals surface area contributed by atoms with Gasteiger partial charge in [-0.25, -0.2) is 13.2 Å². The molecule has 11 heteroatoms. The Balaban J connectivity index is 1.49. The summed E-state index contributed by atoms with van der Waals surface area (Å²) >= 11 is 0. The maximum atomic E-state index is 13.2. The van der Waals surface area contributed by atoms with Gasteiger partial charge in [-0.2, -0.15) is 4.31 Å². The summed E-state index contributed by atoms with van der Waals surface area (Å²) in [5.41, 5.74) is 1.01. The molecule has 1 saturated heterocycles. The molecule has 1 fully saturated rings. The monoisotopic (exact) mass is 476 g/mol. The lowest BCUT2D eigenvalue weighted by atomic mass is 10.1. The summed E-state index contributed by atoms with van der Waals surface area (Å²) in [6.45, 7) is 4.07. The van der Waals surface area contributed by atoms with E-state index in [2.05, 4.69) is 0 Å². The second-order valence-corrected chi connectivity index (χ2v) is 9.30. The zero-order valence-electron chi connectivity index (χ0n) is 18.5. The van der Waals surface area contributed by atoms with Crippen LogP contribution >= 0.6 is 0 Å². The number of ether oxygens (including phenoxy) is 2. The van der Waals surface area contributed by atoms with Gasteiger partial charge >= 0.3 is 5.97 Å². The molecule has 1 amide bonds. The Kier molecular flexibility index (Phi) is 6.17. The molecule has 0 unspecified atom stereocenters. The summed E-state index contributed by atoms with van der Waals surface area (Å²) in [5, 5.41) is 0.308. The van der Waals surface area contributed by atoms with Crippen LogP contribution in [0.5, 0.6) is 5.75 Å². The number of hydrogen-bond donors (Lipinski definition) is 0. The predicted molar refractivity (Wildman–Crippen MR) is 117 cm³/mol. The van der Waals surface area contributed by atoms with Crippen molar-refractivity contribution in [3.05, 3.63) is 47.4 Å². The molecule has 1 aromatic carbocycles. The smallest absolute Gasteiger partial charge is 0.374 e. The molecule has 1 aliphatic heterocycles. The quantitative estimate of drug-likeness (QED) is 0.498. The largest absolute Gasteiger partial charge is 0.497 e. The molecule has 0 saturated carbocycles. The first kappa shape index (κ1) is 22.9. The molecule has 176 valence electrons. The number of rotatable bonds is 6. The zero-order valence-corrected chi connectivity index (χ0v) is 19.3. The first-order chi connectivity index (χ1) is 15.8. The van der Waals surface area contributed by atoms with Gasteiger partial charge in [-0.05, 0) is 44.2 Å². The number of fused-ring (bicyclic) bond motifs is 1. The molecule has 0 radical (unpaired) electrons. The SMILES string of the molecule is CCOC(=O)c1ccc(S(=O)(=O)N2CCN(C(=O)c3c(C)oc4ccc(OC)cc34)CC2)o1. The van der Waals surface area contributed by atoms with Crippen molar-refractivity contribution in [1.29, 1.82) is 0 Å². The summed E-state index contributed by atoms with van der Waals surface area (Å²) in [5.74, 6) is -0.0517. The first-order valence-electron chi connectivity index (χ1n) is 10.4. The van der Waals surface area contributed by atoms with Gasteiger partial charge in [0.25, 0.3) is 15.9 Å². The molecule has 0 spiro atoms. The van der Waals surface area contributed by atoms with Crippen molar-refractivity contribution in [2.45, 2.75) is 18.9 Å². The topological polar surface area (TPSA) is 120 Å². The molecular formula is C22H24N2O8S. The number of sulfonamides is 1. The Bertz CT molecular complexity index is 1300. The van der Waals surface area contributed by atoms with Gasteiger partial charge in [0.1, 0.15) is 17.1 Å². The molecule has 2 aromatic heterocycles. The average molecular weight is 477 g/mol. The Morgan fingerprint density at radius 1 is 1.06 bits per heavy atom. The van der Waals surface area contributed by atoms with E-state index in [0.29, 0.717) is 28.0 Å². The Hall–Kier alpha value is -3.31. The van der Waals surface area contributed by atoms with Crippen LogP contribution in [0, 0.1) is 6.92 Å². The number of piperazine rings is 1. The van der Waals surface area contributed by atoms with E-state index in [1.54, 1.807) is 44.1 Å². The van der Waals surface area contributed by atoms with Crippen LogP contribution in [0.15, 0.2) is 44.3 Å². The Morgan fingerprint density at radius 3 is 2.45 bits per heavy atom. The van der Waals surface area contributed by atoms with Crippen LogP contribution in [-0.4, -0.2) is 69.4 Å². The highest BCUT2D eigenvalue weighted by molar-refractivity contribution is 7.89. The lowest BCUT2D eigenvalue weighted by molar-refractivity contribution is 0.0483. The van der Waals surface area contributed by atoms with Gasteiger partial charge in [-0.15, -0.1) is 0 Å². The van der Waals surface area contributed by atoms with E-state index in [9.17, 15) is 18.0 Å². The van der Waals surface area contributed by atoms with Gasteiger partial charge in [-0.3, -0.25) is 4.79 Å². The molecule has 3 aromatic rings. The number of benzene rings is 1. The summed E-state index contributed by atoms with van der Waals surface area (Å²) in [6.07, 6.45) is 0. The van der Waals surface area contributed by atoms with E-state index >= 15 is 0 Å². The van der Waals surface area contributed by atoms with Crippen LogP contribution in [0.3, 0.4) is 0 Å². The van der Waals surface area contributed by atoms with Crippen LogP contribution < -0.4 is 4.74 Å². The third-order valence-electron chi connectivity index (χ3n) is 5.46. The highest BCUT2D eigenvalue weighted by Crippen LogP contribution is 2.30. The van der Waals surface area contributed by atoms with Crippen LogP contribution in [-0.2, 0) is 14.8 Å². The lowest BCUT2D eigenvalue weighted by Crippen LogP contribution is -2.50. The molecule has 10 nitrogen and oxygen atoms in total. The lowest BCUT2D eigenvalue weighted by Gasteiger charge is -2.33. The van der Waals surface area contributed by atoms with E-state index in [-0.39, 0.29) is 49.5 Å². The standard InChI is InChI=1S/C22H24N2O8S/c1-4-30-22(26)18-7-8-19(32-18)33(27,28)24-11-9-23(10-12-24)21(25)20-14(2)31-17-6-5-15(29-3)13-16(17)20/h5-8,13H,4,9-12H2,1-3H3. The molecule has 4 rings (SSSR count). The van der Waals surface area contributed by atoms with Crippen LogP contribution in [0.2, 0.25) is 0 Å². The number of nitrogens with zero attached hydrogens (tertiary/aromatic N) is 2. The minimum Gasteiger partial charge on any atom is -0.497 e. The van der Waals surface area contributed by atoms with Crippen molar-refractivity contribution in [2.75, 3.05) is 39.9 Å². The molecule has 3 heterocycles. The number of aryl methyl sites for hydroxylation is 1. The number of furan rings is 2. The number of hydrogen-bond acceptors (Lipinski definition) is 8. The molecular weight excluding hydrogens is 452 g/mol. The number of carbonyl (C=O) groups excluding carboxylic acids is 2. The summed E-state index contributed by atoms with van der Waals surface area (Å²) in [7, 11) is -2.41. The van der Waals surface area contributed by atoms with Crippen LogP contribution in [0.4, 0.5) is 0 Å². The summed E-state index contributed by atoms with van der Waals surface area (Å²) in [6, 6.07) is 7.75. The maximum absolute atomic E-state index is 13.2. The molecule has 0 atom stereocenters. The fourth-order valence-electron chi connectivity index (χ4n) is 3.78. The first-order valence-corrected chi connectivity index (χ1v) is 11.8. The van der Waals surface area contributed by atoms with E-state index in [1.807, 2.05) is 0 Å². The van der Waals surface area contributed by atoms with Gasteiger partial charge < -0.3 is 23.2 Å². The van der Waals surface area contributed by atoms with Crippen molar-refractivity contribution >= 4 is 32.9 Å². The summed E-state index contributed by atoms with van der Waals surface area (Å²) < 4.78 is 48.1. The fourth-order valence-corrected chi connectivity index (χ4v) is 5.11. The maximum Gasteiger partial charge on any atom is 0.374 e. The fraction of sp³-hybridized carbons (Fsp3) is 0.364. The average Bonchev–Trinajstić information content (AvgIpc) is 3.43. The van der Waals surface area contributed by atoms with Crippen molar-refractivity contribution in [1.82, 2.24) is 9.21 Å². The highest BCUT2D eigenvalue weighted by atomic mass is 32.2. The molecule has 0 aliphatic carbocycles. The third-order valence-corrected chi connectivity index (χ3v) is 7.24. The van der Waals surface area contributed by atoms with Crippen molar-refractivity contribution in [3.63, 3.8) is 0 Å². The molecule has 0 bridgehead atoms. The second-order valence-electron chi connectivity index (χ2n) is 7.43. The van der Waals surface area contributed by atoms with Gasteiger partial charge in [0, 0.05) is 31.6 Å². The molecule has 33 heavy (non-hydrogen) atoms. The molecule has 1 aliphatic rings. The summed E-state index contributed by atoms with van der Waals surface area (Å²) in [4.78, 5) is 26.6. The third kappa shape index (κ3) is 4.21. The highest BCUT2D eigenvalue weighted by Gasteiger charge is 2.34. The minimum atomic E-state index is -3.96. The Labute approximate surface area is 190 Å². The minimum absolute atomic E-state index is 0.0850. The van der Waals surface area contributed by atoms with Crippen molar-refractivity contribution in [2.24, 2.45) is 0 Å². The zero-order chi connectivity index (χ0) is 23.8. The predicted octanol–water partition coefficient (Wildman–Crippen LogP) is 2.67. The number of methoxy groups -OCH3 is 1. The van der Waals surface area contributed by atoms with E-state index < -0.39 is 16.0 Å². The van der Waals surface area contributed by atoms with Gasteiger partial charge in [0.15, 0.2) is 0 Å². The number of carbonyl (C=O) groups is 2. The van der Waals surface area contributed by atoms with Crippen molar-refractivity contribution in [3.8, 4) is 5.75 Å².